The summed E-state index contributed by atoms with van der Waals surface area (Å²) in [7, 11) is 1.28. The molecular formula is C17H15BrFNO3. The first-order chi connectivity index (χ1) is 11.0. The first-order valence-corrected chi connectivity index (χ1v) is 7.68. The Morgan fingerprint density at radius 2 is 1.83 bits per heavy atom. The number of nitrogens with one attached hydrogen (secondary N) is 1. The van der Waals surface area contributed by atoms with E-state index in [9.17, 15) is 14.0 Å². The lowest BCUT2D eigenvalue weighted by molar-refractivity contribution is -0.141. The molecule has 0 saturated carbocycles. The molecular weight excluding hydrogens is 365 g/mol. The smallest absolute Gasteiger partial charge is 0.307 e. The monoisotopic (exact) mass is 379 g/mol. The molecule has 0 spiro atoms. The summed E-state index contributed by atoms with van der Waals surface area (Å²) in [5.41, 5.74) is 0.655. The molecule has 0 aliphatic heterocycles. The van der Waals surface area contributed by atoms with Gasteiger partial charge in [-0.25, -0.2) is 4.39 Å². The van der Waals surface area contributed by atoms with E-state index in [4.69, 9.17) is 0 Å². The number of carbonyl (C=O) groups excluding carboxylic acids is 2. The van der Waals surface area contributed by atoms with Crippen molar-refractivity contribution in [3.63, 3.8) is 0 Å². The minimum absolute atomic E-state index is 0.0433. The molecule has 1 amide bonds. The highest BCUT2D eigenvalue weighted by Gasteiger charge is 2.21. The first-order valence-electron chi connectivity index (χ1n) is 6.89. The van der Waals surface area contributed by atoms with Crippen molar-refractivity contribution in [3.8, 4) is 0 Å². The van der Waals surface area contributed by atoms with Crippen LogP contribution in [0.2, 0.25) is 0 Å². The Hall–Kier alpha value is -2.21. The quantitative estimate of drug-likeness (QED) is 0.807. The Kier molecular flexibility index (Phi) is 5.87. The fourth-order valence-electron chi connectivity index (χ4n) is 2.08. The van der Waals surface area contributed by atoms with E-state index in [1.807, 2.05) is 0 Å². The van der Waals surface area contributed by atoms with E-state index < -0.39 is 23.7 Å². The van der Waals surface area contributed by atoms with E-state index in [-0.39, 0.29) is 12.0 Å². The Labute approximate surface area is 141 Å². The van der Waals surface area contributed by atoms with E-state index in [2.05, 4.69) is 26.0 Å². The van der Waals surface area contributed by atoms with Gasteiger partial charge in [-0.15, -0.1) is 0 Å². The number of ether oxygens (including phenoxy) is 1. The number of benzene rings is 2. The van der Waals surface area contributed by atoms with Crippen LogP contribution in [0.3, 0.4) is 0 Å². The van der Waals surface area contributed by atoms with Crippen LogP contribution in [-0.4, -0.2) is 19.0 Å². The van der Waals surface area contributed by atoms with Gasteiger partial charge in [0.1, 0.15) is 5.82 Å². The second kappa shape index (κ2) is 7.87. The van der Waals surface area contributed by atoms with Gasteiger partial charge in [-0.2, -0.15) is 0 Å². The van der Waals surface area contributed by atoms with Crippen LogP contribution in [0.4, 0.5) is 4.39 Å². The number of methoxy groups -OCH3 is 1. The molecule has 0 fully saturated rings. The van der Waals surface area contributed by atoms with Gasteiger partial charge in [0.15, 0.2) is 0 Å². The second-order valence-electron chi connectivity index (χ2n) is 4.84. The predicted molar refractivity (Wildman–Crippen MR) is 87.4 cm³/mol. The molecule has 0 aliphatic rings. The molecule has 1 atom stereocenters. The molecule has 1 N–H and O–H groups in total. The third kappa shape index (κ3) is 4.63. The second-order valence-corrected chi connectivity index (χ2v) is 5.75. The standard InChI is InChI=1S/C17H15BrFNO3/c1-23-16(21)10-15(11-6-8-12(18)9-7-11)20-17(22)13-4-2-3-5-14(13)19/h2-9,15H,10H2,1H3,(H,20,22). The molecule has 2 aromatic carbocycles. The molecule has 0 aromatic heterocycles. The van der Waals surface area contributed by atoms with E-state index in [0.29, 0.717) is 0 Å². The third-order valence-corrected chi connectivity index (χ3v) is 3.82. The maximum absolute atomic E-state index is 13.7. The highest BCUT2D eigenvalue weighted by atomic mass is 79.9. The van der Waals surface area contributed by atoms with Gasteiger partial charge in [-0.1, -0.05) is 40.2 Å². The molecule has 0 bridgehead atoms. The van der Waals surface area contributed by atoms with Gasteiger partial charge in [0.25, 0.3) is 5.91 Å². The number of amides is 1. The topological polar surface area (TPSA) is 55.4 Å². The highest BCUT2D eigenvalue weighted by Crippen LogP contribution is 2.21. The summed E-state index contributed by atoms with van der Waals surface area (Å²) in [5, 5.41) is 2.68. The van der Waals surface area contributed by atoms with Gasteiger partial charge in [0.05, 0.1) is 25.1 Å². The average molecular weight is 380 g/mol. The van der Waals surface area contributed by atoms with Crippen molar-refractivity contribution >= 4 is 27.8 Å². The summed E-state index contributed by atoms with van der Waals surface area (Å²) in [4.78, 5) is 23.9. The van der Waals surface area contributed by atoms with Crippen molar-refractivity contribution in [3.05, 3.63) is 69.9 Å². The van der Waals surface area contributed by atoms with Crippen molar-refractivity contribution in [2.75, 3.05) is 7.11 Å². The number of esters is 1. The summed E-state index contributed by atoms with van der Waals surface area (Å²) >= 11 is 3.33. The average Bonchev–Trinajstić information content (AvgIpc) is 2.55. The van der Waals surface area contributed by atoms with Crippen molar-refractivity contribution in [1.82, 2.24) is 5.32 Å². The van der Waals surface area contributed by atoms with Crippen LogP contribution in [0.5, 0.6) is 0 Å². The molecule has 0 radical (unpaired) electrons. The van der Waals surface area contributed by atoms with Crippen molar-refractivity contribution in [2.24, 2.45) is 0 Å². The van der Waals surface area contributed by atoms with Crippen LogP contribution in [0, 0.1) is 5.82 Å². The third-order valence-electron chi connectivity index (χ3n) is 3.29. The highest BCUT2D eigenvalue weighted by molar-refractivity contribution is 9.10. The number of rotatable bonds is 5. The predicted octanol–water partition coefficient (Wildman–Crippen LogP) is 3.62. The normalized spacial score (nSPS) is 11.6. The number of hydrogen-bond donors (Lipinski definition) is 1. The zero-order chi connectivity index (χ0) is 16.8. The van der Waals surface area contributed by atoms with Crippen LogP contribution < -0.4 is 5.32 Å². The Bertz CT molecular complexity index is 703. The van der Waals surface area contributed by atoms with E-state index in [1.54, 1.807) is 30.3 Å². The van der Waals surface area contributed by atoms with E-state index >= 15 is 0 Å². The molecule has 0 heterocycles. The molecule has 120 valence electrons. The van der Waals surface area contributed by atoms with Gasteiger partial charge in [-0.05, 0) is 29.8 Å². The lowest BCUT2D eigenvalue weighted by atomic mass is 10.0. The Morgan fingerprint density at radius 3 is 2.43 bits per heavy atom. The van der Waals surface area contributed by atoms with Gasteiger partial charge in [0, 0.05) is 4.47 Å². The Morgan fingerprint density at radius 1 is 1.17 bits per heavy atom. The lowest BCUT2D eigenvalue weighted by Gasteiger charge is -2.18. The first kappa shape index (κ1) is 17.1. The van der Waals surface area contributed by atoms with Crippen molar-refractivity contribution < 1.29 is 18.7 Å². The van der Waals surface area contributed by atoms with E-state index in [1.165, 1.54) is 25.3 Å². The summed E-state index contributed by atoms with van der Waals surface area (Å²) in [6, 6.07) is 12.2. The van der Waals surface area contributed by atoms with Gasteiger partial charge >= 0.3 is 5.97 Å². The number of halogens is 2. The summed E-state index contributed by atoms with van der Waals surface area (Å²) < 4.78 is 19.3. The maximum Gasteiger partial charge on any atom is 0.307 e. The van der Waals surface area contributed by atoms with Crippen LogP contribution in [-0.2, 0) is 9.53 Å². The van der Waals surface area contributed by atoms with Crippen molar-refractivity contribution in [1.29, 1.82) is 0 Å². The summed E-state index contributed by atoms with van der Waals surface area (Å²) in [5.74, 6) is -1.66. The molecule has 2 aromatic rings. The molecule has 0 saturated heterocycles. The van der Waals surface area contributed by atoms with Crippen LogP contribution in [0.15, 0.2) is 53.0 Å². The molecule has 6 heteroatoms. The minimum atomic E-state index is -0.613. The largest absolute Gasteiger partial charge is 0.469 e. The summed E-state index contributed by atoms with van der Waals surface area (Å²) in [6.07, 6.45) is -0.0433. The lowest BCUT2D eigenvalue weighted by Crippen LogP contribution is -2.31. The zero-order valence-electron chi connectivity index (χ0n) is 12.4. The molecule has 4 nitrogen and oxygen atoms in total. The number of hydrogen-bond acceptors (Lipinski definition) is 3. The van der Waals surface area contributed by atoms with Gasteiger partial charge < -0.3 is 10.1 Å². The molecule has 2 rings (SSSR count). The molecule has 23 heavy (non-hydrogen) atoms. The summed E-state index contributed by atoms with van der Waals surface area (Å²) in [6.45, 7) is 0. The van der Waals surface area contributed by atoms with Gasteiger partial charge in [0.2, 0.25) is 0 Å². The molecule has 0 aliphatic carbocycles. The number of carbonyl (C=O) groups is 2. The van der Waals surface area contributed by atoms with Crippen LogP contribution >= 0.6 is 15.9 Å². The van der Waals surface area contributed by atoms with E-state index in [0.717, 1.165) is 10.0 Å². The van der Waals surface area contributed by atoms with Crippen LogP contribution in [0.1, 0.15) is 28.4 Å². The zero-order valence-corrected chi connectivity index (χ0v) is 14.0. The minimum Gasteiger partial charge on any atom is -0.469 e. The maximum atomic E-state index is 13.7. The van der Waals surface area contributed by atoms with Gasteiger partial charge in [-0.3, -0.25) is 9.59 Å². The van der Waals surface area contributed by atoms with Crippen LogP contribution in [0.25, 0.3) is 0 Å². The van der Waals surface area contributed by atoms with Crippen molar-refractivity contribution in [2.45, 2.75) is 12.5 Å². The fraction of sp³-hybridized carbons (Fsp3) is 0.176. The fourth-order valence-corrected chi connectivity index (χ4v) is 2.34. The SMILES string of the molecule is COC(=O)CC(NC(=O)c1ccccc1F)c1ccc(Br)cc1. The molecule has 1 unspecified atom stereocenters. The Balaban J connectivity index is 2.23.